The van der Waals surface area contributed by atoms with Crippen molar-refractivity contribution in [3.05, 3.63) is 24.3 Å². The largest absolute Gasteiger partial charge is 0.497 e. The van der Waals surface area contributed by atoms with Gasteiger partial charge < -0.3 is 20.1 Å². The molecule has 0 aromatic heterocycles. The van der Waals surface area contributed by atoms with Crippen LogP contribution >= 0.6 is 0 Å². The molecule has 0 radical (unpaired) electrons. The number of amides is 2. The van der Waals surface area contributed by atoms with Crippen molar-refractivity contribution >= 4 is 6.03 Å². The van der Waals surface area contributed by atoms with E-state index < -0.39 is 0 Å². The molecule has 3 fully saturated rings. The Morgan fingerprint density at radius 1 is 1.08 bits per heavy atom. The number of rotatable bonds is 6. The fraction of sp³-hybridized carbons (Fsp3) is 0.650. The number of ether oxygens (including phenoxy) is 2. The molecule has 0 saturated heterocycles. The predicted octanol–water partition coefficient (Wildman–Crippen LogP) is 3.20. The van der Waals surface area contributed by atoms with Gasteiger partial charge in [0.05, 0.1) is 13.7 Å². The Morgan fingerprint density at radius 2 is 1.84 bits per heavy atom. The minimum Gasteiger partial charge on any atom is -0.497 e. The van der Waals surface area contributed by atoms with Crippen molar-refractivity contribution in [3.8, 4) is 11.5 Å². The monoisotopic (exact) mass is 344 g/mol. The van der Waals surface area contributed by atoms with Crippen LogP contribution in [0.15, 0.2) is 24.3 Å². The molecular formula is C20H28N2O3. The molecule has 3 saturated carbocycles. The zero-order chi connectivity index (χ0) is 17.2. The van der Waals surface area contributed by atoms with Gasteiger partial charge in [0.15, 0.2) is 0 Å². The average molecular weight is 344 g/mol. The predicted molar refractivity (Wildman–Crippen MR) is 95.9 cm³/mol. The van der Waals surface area contributed by atoms with Crippen LogP contribution in [0.4, 0.5) is 4.79 Å². The second kappa shape index (κ2) is 7.14. The molecule has 0 aliphatic heterocycles. The molecule has 5 atom stereocenters. The van der Waals surface area contributed by atoms with Crippen molar-refractivity contribution in [2.45, 2.75) is 38.1 Å². The van der Waals surface area contributed by atoms with Gasteiger partial charge in [-0.05, 0) is 73.6 Å². The van der Waals surface area contributed by atoms with E-state index in [2.05, 4.69) is 10.6 Å². The highest BCUT2D eigenvalue weighted by atomic mass is 16.5. The molecule has 2 amide bonds. The molecule has 0 spiro atoms. The number of hydrogen-bond acceptors (Lipinski definition) is 3. The number of nitrogens with one attached hydrogen (secondary N) is 2. The summed E-state index contributed by atoms with van der Waals surface area (Å²) in [5.41, 5.74) is 0. The van der Waals surface area contributed by atoms with E-state index in [1.54, 1.807) is 7.11 Å². The quantitative estimate of drug-likeness (QED) is 0.779. The van der Waals surface area contributed by atoms with Crippen LogP contribution in [0.1, 0.15) is 32.1 Å². The minimum absolute atomic E-state index is 0.0505. The number of urea groups is 1. The lowest BCUT2D eigenvalue weighted by Crippen LogP contribution is -2.47. The lowest BCUT2D eigenvalue weighted by Gasteiger charge is -2.32. The summed E-state index contributed by atoms with van der Waals surface area (Å²) in [4.78, 5) is 12.2. The Balaban J connectivity index is 1.16. The Kier molecular flexibility index (Phi) is 4.73. The smallest absolute Gasteiger partial charge is 0.315 e. The number of methoxy groups -OCH3 is 1. The first-order valence-corrected chi connectivity index (χ1v) is 9.56. The molecule has 2 N–H and O–H groups in total. The zero-order valence-electron chi connectivity index (χ0n) is 14.9. The molecule has 25 heavy (non-hydrogen) atoms. The molecule has 3 aliphatic carbocycles. The average Bonchev–Trinajstić information content (AvgIpc) is 3.32. The Labute approximate surface area is 149 Å². The van der Waals surface area contributed by atoms with E-state index in [4.69, 9.17) is 9.47 Å². The van der Waals surface area contributed by atoms with Crippen LogP contribution in [-0.2, 0) is 0 Å². The summed E-state index contributed by atoms with van der Waals surface area (Å²) >= 11 is 0. The number of carbonyl (C=O) groups excluding carboxylic acids is 1. The van der Waals surface area contributed by atoms with Crippen molar-refractivity contribution in [1.82, 2.24) is 10.6 Å². The summed E-state index contributed by atoms with van der Waals surface area (Å²) < 4.78 is 10.7. The second-order valence-corrected chi connectivity index (χ2v) is 7.68. The summed E-state index contributed by atoms with van der Waals surface area (Å²) in [5, 5.41) is 6.14. The van der Waals surface area contributed by atoms with Crippen LogP contribution in [0, 0.1) is 23.7 Å². The molecule has 3 aliphatic rings. The van der Waals surface area contributed by atoms with Crippen molar-refractivity contribution in [2.24, 2.45) is 23.7 Å². The van der Waals surface area contributed by atoms with E-state index >= 15 is 0 Å². The molecule has 4 rings (SSSR count). The molecule has 5 nitrogen and oxygen atoms in total. The van der Waals surface area contributed by atoms with Gasteiger partial charge in [0.25, 0.3) is 0 Å². The van der Waals surface area contributed by atoms with Gasteiger partial charge in [-0.15, -0.1) is 0 Å². The van der Waals surface area contributed by atoms with E-state index in [0.717, 1.165) is 35.2 Å². The SMILES string of the molecule is COc1ccc(OCCNC(=O)N[C@@H]2C[C@@H]3C[C@@H]2[C@@H]2CCC[C@@H]32)cc1. The highest BCUT2D eigenvalue weighted by Gasteiger charge is 2.53. The molecule has 1 aromatic rings. The van der Waals surface area contributed by atoms with Crippen molar-refractivity contribution in [3.63, 3.8) is 0 Å². The third-order valence-corrected chi connectivity index (χ3v) is 6.46. The Hall–Kier alpha value is -1.91. The van der Waals surface area contributed by atoms with Gasteiger partial charge in [-0.3, -0.25) is 0 Å². The summed E-state index contributed by atoms with van der Waals surface area (Å²) in [6.07, 6.45) is 6.71. The van der Waals surface area contributed by atoms with E-state index in [1.807, 2.05) is 24.3 Å². The van der Waals surface area contributed by atoms with E-state index in [9.17, 15) is 4.79 Å². The van der Waals surface area contributed by atoms with Gasteiger partial charge in [0, 0.05) is 6.04 Å². The fourth-order valence-corrected chi connectivity index (χ4v) is 5.46. The van der Waals surface area contributed by atoms with Gasteiger partial charge in [0.2, 0.25) is 0 Å². The maximum Gasteiger partial charge on any atom is 0.315 e. The van der Waals surface area contributed by atoms with Crippen LogP contribution in [0.2, 0.25) is 0 Å². The summed E-state index contributed by atoms with van der Waals surface area (Å²) in [5.74, 6) is 5.01. The molecule has 1 aromatic carbocycles. The van der Waals surface area contributed by atoms with Crippen LogP contribution in [0.3, 0.4) is 0 Å². The van der Waals surface area contributed by atoms with Crippen molar-refractivity contribution in [1.29, 1.82) is 0 Å². The highest BCUT2D eigenvalue weighted by Crippen LogP contribution is 2.58. The maximum absolute atomic E-state index is 12.2. The lowest BCUT2D eigenvalue weighted by molar-refractivity contribution is 0.196. The Bertz CT molecular complexity index is 603. The van der Waals surface area contributed by atoms with Crippen LogP contribution in [0.25, 0.3) is 0 Å². The van der Waals surface area contributed by atoms with Crippen LogP contribution < -0.4 is 20.1 Å². The first-order valence-electron chi connectivity index (χ1n) is 9.56. The third kappa shape index (κ3) is 3.42. The second-order valence-electron chi connectivity index (χ2n) is 7.68. The normalized spacial score (nSPS) is 32.3. The molecule has 5 heteroatoms. The van der Waals surface area contributed by atoms with E-state index in [1.165, 1.54) is 32.1 Å². The number of benzene rings is 1. The molecule has 2 bridgehead atoms. The van der Waals surface area contributed by atoms with E-state index in [-0.39, 0.29) is 6.03 Å². The fourth-order valence-electron chi connectivity index (χ4n) is 5.46. The highest BCUT2D eigenvalue weighted by molar-refractivity contribution is 5.74. The van der Waals surface area contributed by atoms with Gasteiger partial charge >= 0.3 is 6.03 Å². The third-order valence-electron chi connectivity index (χ3n) is 6.46. The van der Waals surface area contributed by atoms with Gasteiger partial charge in [0.1, 0.15) is 18.1 Å². The maximum atomic E-state index is 12.2. The molecule has 136 valence electrons. The molecular weight excluding hydrogens is 316 g/mol. The van der Waals surface area contributed by atoms with Gasteiger partial charge in [-0.25, -0.2) is 4.79 Å². The zero-order valence-corrected chi connectivity index (χ0v) is 14.9. The van der Waals surface area contributed by atoms with Gasteiger partial charge in [-0.1, -0.05) is 6.42 Å². The number of carbonyl (C=O) groups is 1. The number of fused-ring (bicyclic) bond motifs is 5. The molecule has 0 heterocycles. The summed E-state index contributed by atoms with van der Waals surface area (Å²) in [6.45, 7) is 0.964. The van der Waals surface area contributed by atoms with Crippen molar-refractivity contribution < 1.29 is 14.3 Å². The van der Waals surface area contributed by atoms with Crippen molar-refractivity contribution in [2.75, 3.05) is 20.3 Å². The first-order chi connectivity index (χ1) is 12.2. The minimum atomic E-state index is -0.0505. The first kappa shape index (κ1) is 16.6. The summed E-state index contributed by atoms with van der Waals surface area (Å²) in [7, 11) is 1.64. The Morgan fingerprint density at radius 3 is 2.64 bits per heavy atom. The standard InChI is InChI=1S/C20H28N2O3/c1-24-14-5-7-15(8-6-14)25-10-9-21-20(23)22-19-12-13-11-18(19)17-4-2-3-16(13)17/h5-8,13,16-19H,2-4,9-12H2,1H3,(H2,21,22,23)/t13-,16-,17+,18+,19+/m0/s1. The lowest BCUT2D eigenvalue weighted by atomic mass is 9.79. The van der Waals surface area contributed by atoms with Crippen LogP contribution in [-0.4, -0.2) is 32.3 Å². The topological polar surface area (TPSA) is 59.6 Å². The number of hydrogen-bond donors (Lipinski definition) is 2. The van der Waals surface area contributed by atoms with E-state index in [0.29, 0.717) is 19.2 Å². The van der Waals surface area contributed by atoms with Gasteiger partial charge in [-0.2, -0.15) is 0 Å². The van der Waals surface area contributed by atoms with Crippen LogP contribution in [0.5, 0.6) is 11.5 Å². The summed E-state index contributed by atoms with van der Waals surface area (Å²) in [6, 6.07) is 7.79. The molecule has 0 unspecified atom stereocenters.